The highest BCUT2D eigenvalue weighted by molar-refractivity contribution is 6.09. The Hall–Kier alpha value is -3.54. The summed E-state index contributed by atoms with van der Waals surface area (Å²) in [7, 11) is 0. The Morgan fingerprint density at radius 1 is 0.897 bits per heavy atom. The van der Waals surface area contributed by atoms with Gasteiger partial charge in [0.1, 0.15) is 0 Å². The molecule has 3 rings (SSSR count). The minimum Gasteiger partial charge on any atom is -0.462 e. The van der Waals surface area contributed by atoms with Crippen molar-refractivity contribution in [3.63, 3.8) is 0 Å². The van der Waals surface area contributed by atoms with E-state index in [1.54, 1.807) is 62.0 Å². The van der Waals surface area contributed by atoms with Gasteiger partial charge in [-0.3, -0.25) is 9.59 Å². The number of ether oxygens (including phenoxy) is 1. The summed E-state index contributed by atoms with van der Waals surface area (Å²) in [6, 6.07) is 12.4. The molecule has 0 aliphatic rings. The summed E-state index contributed by atoms with van der Waals surface area (Å²) in [5.74, 6) is -0.792. The van der Waals surface area contributed by atoms with E-state index in [2.05, 4.69) is 4.98 Å². The van der Waals surface area contributed by atoms with Crippen LogP contribution in [0.5, 0.6) is 0 Å². The van der Waals surface area contributed by atoms with Gasteiger partial charge < -0.3 is 9.72 Å². The van der Waals surface area contributed by atoms with Crippen LogP contribution in [0, 0.1) is 13.8 Å². The minimum atomic E-state index is -0.508. The number of nitrogens with one attached hydrogen (secondary N) is 1. The minimum absolute atomic E-state index is 0.0460. The van der Waals surface area contributed by atoms with Gasteiger partial charge in [-0.15, -0.1) is 0 Å². The van der Waals surface area contributed by atoms with Crippen molar-refractivity contribution in [3.05, 3.63) is 88.5 Å². The standard InChI is InChI=1S/C23H22N2O4/c1-4-29-23(28)21-16(3)24-15(2)20(21)19(26)14-25-12-10-18(11-13-25)22(27)17-8-6-5-7-9-17/h5-13H,4,14H2,1-3H3/p+1. The lowest BCUT2D eigenvalue weighted by Crippen LogP contribution is -2.37. The molecule has 0 unspecified atom stereocenters. The molecule has 148 valence electrons. The number of esters is 1. The number of aromatic nitrogens is 2. The SMILES string of the molecule is CCOC(=O)c1c(C)[nH]c(C)c1C(=O)C[n+]1ccc(C(=O)c2ccccc2)cc1. The molecule has 1 N–H and O–H groups in total. The van der Waals surface area contributed by atoms with Gasteiger partial charge in [0.15, 0.2) is 18.2 Å². The number of aryl methyl sites for hydroxylation is 2. The van der Waals surface area contributed by atoms with E-state index in [-0.39, 0.29) is 30.3 Å². The molecule has 6 heteroatoms. The molecule has 1 aromatic carbocycles. The molecule has 0 saturated heterocycles. The van der Waals surface area contributed by atoms with E-state index in [1.807, 2.05) is 18.2 Å². The van der Waals surface area contributed by atoms with Crippen LogP contribution in [0.2, 0.25) is 0 Å². The molecule has 2 aromatic heterocycles. The maximum atomic E-state index is 12.9. The molecule has 29 heavy (non-hydrogen) atoms. The average Bonchev–Trinajstić information content (AvgIpc) is 3.02. The Morgan fingerprint density at radius 2 is 1.48 bits per heavy atom. The third kappa shape index (κ3) is 4.32. The second-order valence-corrected chi connectivity index (χ2v) is 6.72. The van der Waals surface area contributed by atoms with Crippen molar-refractivity contribution in [2.24, 2.45) is 0 Å². The first kappa shape index (κ1) is 20.2. The molecular weight excluding hydrogens is 368 g/mol. The van der Waals surface area contributed by atoms with E-state index in [0.29, 0.717) is 28.1 Å². The van der Waals surface area contributed by atoms with Gasteiger partial charge in [0.05, 0.1) is 17.7 Å². The van der Waals surface area contributed by atoms with Crippen LogP contribution in [-0.2, 0) is 11.3 Å². The van der Waals surface area contributed by atoms with E-state index >= 15 is 0 Å². The Morgan fingerprint density at radius 3 is 2.10 bits per heavy atom. The number of benzene rings is 1. The maximum Gasteiger partial charge on any atom is 0.340 e. The summed E-state index contributed by atoms with van der Waals surface area (Å²) in [6.07, 6.45) is 3.37. The van der Waals surface area contributed by atoms with E-state index in [1.165, 1.54) is 0 Å². The highest BCUT2D eigenvalue weighted by atomic mass is 16.5. The van der Waals surface area contributed by atoms with Gasteiger partial charge in [-0.2, -0.15) is 4.57 Å². The molecule has 0 aliphatic heterocycles. The Balaban J connectivity index is 1.80. The summed E-state index contributed by atoms with van der Waals surface area (Å²) in [4.78, 5) is 40.7. The lowest BCUT2D eigenvalue weighted by Gasteiger charge is -2.05. The summed E-state index contributed by atoms with van der Waals surface area (Å²) >= 11 is 0. The molecule has 0 radical (unpaired) electrons. The molecule has 0 fully saturated rings. The molecule has 0 atom stereocenters. The first-order chi connectivity index (χ1) is 13.9. The van der Waals surface area contributed by atoms with Crippen LogP contribution in [0.4, 0.5) is 0 Å². The zero-order chi connectivity index (χ0) is 21.0. The topological polar surface area (TPSA) is 80.1 Å². The highest BCUT2D eigenvalue weighted by Crippen LogP contribution is 2.20. The number of hydrogen-bond donors (Lipinski definition) is 1. The van der Waals surface area contributed by atoms with E-state index in [4.69, 9.17) is 4.74 Å². The second kappa shape index (κ2) is 8.65. The summed E-state index contributed by atoms with van der Waals surface area (Å²) < 4.78 is 6.77. The Kier molecular flexibility index (Phi) is 6.02. The van der Waals surface area contributed by atoms with Crippen LogP contribution < -0.4 is 4.57 Å². The lowest BCUT2D eigenvalue weighted by molar-refractivity contribution is -0.683. The van der Waals surface area contributed by atoms with E-state index in [9.17, 15) is 14.4 Å². The molecule has 2 heterocycles. The fourth-order valence-electron chi connectivity index (χ4n) is 3.30. The lowest BCUT2D eigenvalue weighted by atomic mass is 10.0. The maximum absolute atomic E-state index is 12.9. The number of Topliss-reactive ketones (excluding diaryl/α,β-unsaturated/α-hetero) is 1. The summed E-state index contributed by atoms with van der Waals surface area (Å²) in [6.45, 7) is 5.51. The smallest absolute Gasteiger partial charge is 0.340 e. The Labute approximate surface area is 169 Å². The van der Waals surface area contributed by atoms with Gasteiger partial charge in [-0.25, -0.2) is 4.79 Å². The van der Waals surface area contributed by atoms with Crippen LogP contribution in [-0.4, -0.2) is 29.1 Å². The fourth-order valence-corrected chi connectivity index (χ4v) is 3.30. The van der Waals surface area contributed by atoms with Crippen LogP contribution in [0.15, 0.2) is 54.9 Å². The largest absolute Gasteiger partial charge is 0.462 e. The van der Waals surface area contributed by atoms with E-state index < -0.39 is 5.97 Å². The number of pyridine rings is 1. The fraction of sp³-hybridized carbons (Fsp3) is 0.217. The molecule has 0 spiro atoms. The first-order valence-corrected chi connectivity index (χ1v) is 9.40. The Bertz CT molecular complexity index is 1050. The van der Waals surface area contributed by atoms with E-state index in [0.717, 1.165) is 0 Å². The number of nitrogens with zero attached hydrogens (tertiary/aromatic N) is 1. The number of aromatic amines is 1. The third-order valence-corrected chi connectivity index (χ3v) is 4.65. The first-order valence-electron chi connectivity index (χ1n) is 9.40. The van der Waals surface area contributed by atoms with Crippen molar-refractivity contribution in [1.29, 1.82) is 0 Å². The molecule has 6 nitrogen and oxygen atoms in total. The summed E-state index contributed by atoms with van der Waals surface area (Å²) in [5, 5.41) is 0. The van der Waals surface area contributed by atoms with Crippen LogP contribution in [0.1, 0.15) is 54.9 Å². The number of rotatable bonds is 7. The van der Waals surface area contributed by atoms with Crippen molar-refractivity contribution in [3.8, 4) is 0 Å². The molecule has 3 aromatic rings. The number of H-pyrrole nitrogens is 1. The van der Waals surface area contributed by atoms with Gasteiger partial charge in [0.25, 0.3) is 0 Å². The number of hydrogen-bond acceptors (Lipinski definition) is 4. The molecule has 0 saturated carbocycles. The highest BCUT2D eigenvalue weighted by Gasteiger charge is 2.27. The number of ketones is 2. The van der Waals surface area contributed by atoms with Crippen LogP contribution in [0.3, 0.4) is 0 Å². The number of carbonyl (C=O) groups excluding carboxylic acids is 3. The van der Waals surface area contributed by atoms with Gasteiger partial charge in [-0.1, -0.05) is 30.3 Å². The zero-order valence-corrected chi connectivity index (χ0v) is 16.7. The van der Waals surface area contributed by atoms with Crippen LogP contribution >= 0.6 is 0 Å². The van der Waals surface area contributed by atoms with Crippen molar-refractivity contribution in [2.75, 3.05) is 6.61 Å². The summed E-state index contributed by atoms with van der Waals surface area (Å²) in [5.41, 5.74) is 3.02. The zero-order valence-electron chi connectivity index (χ0n) is 16.7. The van der Waals surface area contributed by atoms with Crippen molar-refractivity contribution in [2.45, 2.75) is 27.3 Å². The molecule has 0 amide bonds. The second-order valence-electron chi connectivity index (χ2n) is 6.72. The monoisotopic (exact) mass is 391 g/mol. The third-order valence-electron chi connectivity index (χ3n) is 4.65. The van der Waals surface area contributed by atoms with Crippen LogP contribution in [0.25, 0.3) is 0 Å². The van der Waals surface area contributed by atoms with Gasteiger partial charge in [0.2, 0.25) is 12.3 Å². The predicted molar refractivity (Wildman–Crippen MR) is 107 cm³/mol. The molecule has 0 aliphatic carbocycles. The van der Waals surface area contributed by atoms with Gasteiger partial charge in [-0.05, 0) is 20.8 Å². The van der Waals surface area contributed by atoms with Crippen molar-refractivity contribution in [1.82, 2.24) is 4.98 Å². The van der Waals surface area contributed by atoms with Gasteiger partial charge >= 0.3 is 5.97 Å². The normalized spacial score (nSPS) is 10.6. The van der Waals surface area contributed by atoms with Crippen molar-refractivity contribution >= 4 is 17.5 Å². The quantitative estimate of drug-likeness (QED) is 0.381. The predicted octanol–water partition coefficient (Wildman–Crippen LogP) is 3.21. The van der Waals surface area contributed by atoms with Crippen molar-refractivity contribution < 1.29 is 23.7 Å². The molecular formula is C23H23N2O4+. The molecule has 0 bridgehead atoms. The number of carbonyl (C=O) groups is 3. The average molecular weight is 391 g/mol. The van der Waals surface area contributed by atoms with Gasteiger partial charge in [0, 0.05) is 34.6 Å².